The Hall–Kier alpha value is -2.25. The zero-order chi connectivity index (χ0) is 21.5. The summed E-state index contributed by atoms with van der Waals surface area (Å²) >= 11 is 0. The highest BCUT2D eigenvalue weighted by atomic mass is 16.5. The van der Waals surface area contributed by atoms with Crippen LogP contribution in [-0.2, 0) is 9.47 Å². The van der Waals surface area contributed by atoms with Crippen LogP contribution < -0.4 is 4.74 Å². The lowest BCUT2D eigenvalue weighted by Gasteiger charge is -2.44. The molecule has 2 aromatic carbocycles. The summed E-state index contributed by atoms with van der Waals surface area (Å²) in [6, 6.07) is 17.6. The first-order valence-corrected chi connectivity index (χ1v) is 11.2. The van der Waals surface area contributed by atoms with Gasteiger partial charge in [-0.15, -0.1) is 0 Å². The third kappa shape index (κ3) is 5.33. The first kappa shape index (κ1) is 22.0. The number of hydrogen-bond acceptors (Lipinski definition) is 6. The van der Waals surface area contributed by atoms with Crippen LogP contribution in [0.2, 0.25) is 0 Å². The number of Topliss-reactive ketones (excluding diaryl/α,β-unsaturated/α-hetero) is 1. The standard InChI is InChI=1S/C25H32N2O4/c1-2-31-22-10-8-21(9-11-22)25(28)24(27-14-18-30-19-15-27)23(20-6-4-3-5-7-20)26-12-16-29-17-13-26/h3-11,23-24H,2,12-19H2,1H3/t23-,24-/m1/s1. The Balaban J connectivity index is 1.71. The zero-order valence-corrected chi connectivity index (χ0v) is 18.2. The van der Waals surface area contributed by atoms with Crippen LogP contribution >= 0.6 is 0 Å². The molecule has 0 saturated carbocycles. The van der Waals surface area contributed by atoms with Gasteiger partial charge in [0.25, 0.3) is 0 Å². The summed E-state index contributed by atoms with van der Waals surface area (Å²) in [6.45, 7) is 8.38. The van der Waals surface area contributed by atoms with Gasteiger partial charge in [-0.25, -0.2) is 0 Å². The molecule has 4 rings (SSSR count). The summed E-state index contributed by atoms with van der Waals surface area (Å²) in [7, 11) is 0. The molecule has 6 nitrogen and oxygen atoms in total. The SMILES string of the molecule is CCOc1ccc(C(=O)[C@@H]([C@@H](c2ccccc2)N2CCOCC2)N2CCOCC2)cc1. The molecule has 0 spiro atoms. The van der Waals surface area contributed by atoms with Crippen molar-refractivity contribution in [3.05, 3.63) is 65.7 Å². The predicted molar refractivity (Wildman–Crippen MR) is 120 cm³/mol. The highest BCUT2D eigenvalue weighted by Gasteiger charge is 2.39. The third-order valence-electron chi connectivity index (χ3n) is 6.04. The van der Waals surface area contributed by atoms with Gasteiger partial charge in [0.2, 0.25) is 0 Å². The Morgan fingerprint density at radius 2 is 1.45 bits per heavy atom. The van der Waals surface area contributed by atoms with E-state index in [-0.39, 0.29) is 17.9 Å². The van der Waals surface area contributed by atoms with E-state index in [1.165, 1.54) is 5.56 Å². The van der Waals surface area contributed by atoms with Gasteiger partial charge < -0.3 is 14.2 Å². The molecule has 0 amide bonds. The Bertz CT molecular complexity index is 815. The first-order valence-electron chi connectivity index (χ1n) is 11.2. The summed E-state index contributed by atoms with van der Waals surface area (Å²) in [4.78, 5) is 18.7. The van der Waals surface area contributed by atoms with E-state index < -0.39 is 0 Å². The molecule has 2 aliphatic rings. The molecule has 0 radical (unpaired) electrons. The minimum Gasteiger partial charge on any atom is -0.494 e. The zero-order valence-electron chi connectivity index (χ0n) is 18.2. The molecule has 0 aliphatic carbocycles. The topological polar surface area (TPSA) is 51.2 Å². The highest BCUT2D eigenvalue weighted by molar-refractivity contribution is 6.00. The van der Waals surface area contributed by atoms with E-state index in [9.17, 15) is 4.79 Å². The van der Waals surface area contributed by atoms with Gasteiger partial charge in [-0.1, -0.05) is 30.3 Å². The summed E-state index contributed by atoms with van der Waals surface area (Å²) in [6.07, 6.45) is 0. The fourth-order valence-corrected chi connectivity index (χ4v) is 4.52. The summed E-state index contributed by atoms with van der Waals surface area (Å²) < 4.78 is 16.8. The normalized spacial score (nSPS) is 20.2. The van der Waals surface area contributed by atoms with E-state index in [1.807, 2.05) is 37.3 Å². The van der Waals surface area contributed by atoms with Gasteiger partial charge in [-0.3, -0.25) is 14.6 Å². The van der Waals surface area contributed by atoms with Crippen molar-refractivity contribution < 1.29 is 19.0 Å². The summed E-state index contributed by atoms with van der Waals surface area (Å²) in [5.74, 6) is 0.931. The molecule has 6 heteroatoms. The van der Waals surface area contributed by atoms with Gasteiger partial charge in [0.05, 0.1) is 45.1 Å². The van der Waals surface area contributed by atoms with Crippen molar-refractivity contribution in [1.29, 1.82) is 0 Å². The molecule has 2 fully saturated rings. The monoisotopic (exact) mass is 424 g/mol. The van der Waals surface area contributed by atoms with Crippen LogP contribution in [0.4, 0.5) is 0 Å². The van der Waals surface area contributed by atoms with E-state index in [1.54, 1.807) is 0 Å². The predicted octanol–water partition coefficient (Wildman–Crippen LogP) is 3.04. The van der Waals surface area contributed by atoms with Crippen LogP contribution in [0.3, 0.4) is 0 Å². The number of ether oxygens (including phenoxy) is 3. The molecule has 166 valence electrons. The third-order valence-corrected chi connectivity index (χ3v) is 6.04. The molecule has 0 bridgehead atoms. The van der Waals surface area contributed by atoms with Crippen molar-refractivity contribution in [3.8, 4) is 5.75 Å². The van der Waals surface area contributed by atoms with Gasteiger partial charge in [0, 0.05) is 31.7 Å². The van der Waals surface area contributed by atoms with E-state index in [0.29, 0.717) is 38.6 Å². The number of benzene rings is 2. The van der Waals surface area contributed by atoms with Gasteiger partial charge in [-0.05, 0) is 36.8 Å². The van der Waals surface area contributed by atoms with Crippen LogP contribution in [0.1, 0.15) is 28.9 Å². The highest BCUT2D eigenvalue weighted by Crippen LogP contribution is 2.31. The fourth-order valence-electron chi connectivity index (χ4n) is 4.52. The average molecular weight is 425 g/mol. The molecule has 31 heavy (non-hydrogen) atoms. The van der Waals surface area contributed by atoms with Crippen LogP contribution in [0, 0.1) is 0 Å². The molecule has 0 unspecified atom stereocenters. The molecule has 2 atom stereocenters. The molecular weight excluding hydrogens is 392 g/mol. The van der Waals surface area contributed by atoms with Crippen molar-refractivity contribution in [2.24, 2.45) is 0 Å². The Kier molecular flexibility index (Phi) is 7.70. The summed E-state index contributed by atoms with van der Waals surface area (Å²) in [5, 5.41) is 0. The minimum atomic E-state index is -0.289. The molecule has 2 aromatic rings. The van der Waals surface area contributed by atoms with Gasteiger partial charge >= 0.3 is 0 Å². The van der Waals surface area contributed by atoms with E-state index >= 15 is 0 Å². The second kappa shape index (κ2) is 10.9. The Morgan fingerprint density at radius 3 is 2.03 bits per heavy atom. The quantitative estimate of drug-likeness (QED) is 0.607. The van der Waals surface area contributed by atoms with E-state index in [0.717, 1.165) is 31.9 Å². The van der Waals surface area contributed by atoms with Crippen LogP contribution in [0.15, 0.2) is 54.6 Å². The van der Waals surface area contributed by atoms with Crippen molar-refractivity contribution in [1.82, 2.24) is 9.80 Å². The van der Waals surface area contributed by atoms with Crippen LogP contribution in [0.5, 0.6) is 5.75 Å². The molecule has 0 aromatic heterocycles. The largest absolute Gasteiger partial charge is 0.494 e. The number of rotatable bonds is 8. The lowest BCUT2D eigenvalue weighted by atomic mass is 9.89. The maximum atomic E-state index is 14.0. The maximum absolute atomic E-state index is 14.0. The van der Waals surface area contributed by atoms with Crippen molar-refractivity contribution >= 4 is 5.78 Å². The number of carbonyl (C=O) groups excluding carboxylic acids is 1. The second-order valence-corrected chi connectivity index (χ2v) is 7.92. The molecule has 2 saturated heterocycles. The van der Waals surface area contributed by atoms with E-state index in [4.69, 9.17) is 14.2 Å². The van der Waals surface area contributed by atoms with Gasteiger partial charge in [0.1, 0.15) is 5.75 Å². The number of nitrogens with zero attached hydrogens (tertiary/aromatic N) is 2. The Labute approximate surface area is 184 Å². The van der Waals surface area contributed by atoms with Crippen LogP contribution in [0.25, 0.3) is 0 Å². The molecule has 0 N–H and O–H groups in total. The van der Waals surface area contributed by atoms with Gasteiger partial charge in [-0.2, -0.15) is 0 Å². The Morgan fingerprint density at radius 1 is 0.871 bits per heavy atom. The number of hydrogen-bond donors (Lipinski definition) is 0. The first-order chi connectivity index (χ1) is 15.3. The smallest absolute Gasteiger partial charge is 0.181 e. The van der Waals surface area contributed by atoms with E-state index in [2.05, 4.69) is 34.1 Å². The van der Waals surface area contributed by atoms with Crippen LogP contribution in [-0.4, -0.2) is 80.8 Å². The maximum Gasteiger partial charge on any atom is 0.181 e. The lowest BCUT2D eigenvalue weighted by molar-refractivity contribution is -0.0301. The van der Waals surface area contributed by atoms with Crippen molar-refractivity contribution in [2.75, 3.05) is 59.2 Å². The van der Waals surface area contributed by atoms with Crippen molar-refractivity contribution in [3.63, 3.8) is 0 Å². The summed E-state index contributed by atoms with van der Waals surface area (Å²) in [5.41, 5.74) is 1.88. The van der Waals surface area contributed by atoms with Gasteiger partial charge in [0.15, 0.2) is 5.78 Å². The number of ketones is 1. The number of carbonyl (C=O) groups is 1. The molecule has 2 heterocycles. The molecular formula is C25H32N2O4. The average Bonchev–Trinajstić information content (AvgIpc) is 2.84. The second-order valence-electron chi connectivity index (χ2n) is 7.92. The van der Waals surface area contributed by atoms with Crippen molar-refractivity contribution in [2.45, 2.75) is 19.0 Å². The lowest BCUT2D eigenvalue weighted by Crippen LogP contribution is -2.55. The fraction of sp³-hybridized carbons (Fsp3) is 0.480. The minimum absolute atomic E-state index is 0.0396. The number of morpholine rings is 2. The molecule has 2 aliphatic heterocycles.